The van der Waals surface area contributed by atoms with Crippen LogP contribution >= 0.6 is 35.3 Å². The standard InChI is InChI=1S/C21H37N5OS.HI/c1-21(2,26-9-11-27-12-10-26)17-24-20(22-3)23-14-18-6-4-8-25(15-18)16-19-7-5-13-28-19;/h5,7,13,18H,4,6,8-12,14-17H2,1-3H3,(H2,22,23,24);1H. The van der Waals surface area contributed by atoms with Gasteiger partial charge in [0.15, 0.2) is 5.96 Å². The molecule has 6 nitrogen and oxygen atoms in total. The van der Waals surface area contributed by atoms with Crippen molar-refractivity contribution in [3.8, 4) is 0 Å². The van der Waals surface area contributed by atoms with E-state index in [1.165, 1.54) is 30.8 Å². The van der Waals surface area contributed by atoms with E-state index in [1.54, 1.807) is 0 Å². The fraction of sp³-hybridized carbons (Fsp3) is 0.762. The Morgan fingerprint density at radius 1 is 1.28 bits per heavy atom. The first-order valence-electron chi connectivity index (χ1n) is 10.6. The number of halogens is 1. The normalized spacial score (nSPS) is 22.2. The zero-order valence-electron chi connectivity index (χ0n) is 18.2. The third kappa shape index (κ3) is 7.97. The zero-order chi connectivity index (χ0) is 19.8. The summed E-state index contributed by atoms with van der Waals surface area (Å²) in [4.78, 5) is 11.0. The van der Waals surface area contributed by atoms with Gasteiger partial charge < -0.3 is 15.4 Å². The first-order valence-corrected chi connectivity index (χ1v) is 11.5. The summed E-state index contributed by atoms with van der Waals surface area (Å²) in [5.74, 6) is 1.59. The summed E-state index contributed by atoms with van der Waals surface area (Å²) >= 11 is 1.86. The predicted molar refractivity (Wildman–Crippen MR) is 134 cm³/mol. The van der Waals surface area contributed by atoms with E-state index in [2.05, 4.69) is 56.8 Å². The Labute approximate surface area is 197 Å². The second kappa shape index (κ2) is 12.4. The van der Waals surface area contributed by atoms with Crippen LogP contribution in [0, 0.1) is 5.92 Å². The van der Waals surface area contributed by atoms with Crippen molar-refractivity contribution < 1.29 is 4.74 Å². The summed E-state index contributed by atoms with van der Waals surface area (Å²) in [6.45, 7) is 13.6. The van der Waals surface area contributed by atoms with E-state index in [9.17, 15) is 0 Å². The smallest absolute Gasteiger partial charge is 0.191 e. The summed E-state index contributed by atoms with van der Waals surface area (Å²) in [5, 5.41) is 9.28. The number of piperidine rings is 1. The van der Waals surface area contributed by atoms with Crippen LogP contribution in [0.25, 0.3) is 0 Å². The van der Waals surface area contributed by atoms with Gasteiger partial charge in [0.2, 0.25) is 0 Å². The number of likely N-dealkylation sites (tertiary alicyclic amines) is 1. The van der Waals surface area contributed by atoms with Crippen LogP contribution in [0.5, 0.6) is 0 Å². The lowest BCUT2D eigenvalue weighted by atomic mass is 9.98. The Morgan fingerprint density at radius 3 is 2.76 bits per heavy atom. The number of thiophene rings is 1. The van der Waals surface area contributed by atoms with E-state index in [1.807, 2.05) is 18.4 Å². The number of aliphatic imine (C=N–C) groups is 1. The molecule has 1 unspecified atom stereocenters. The molecule has 0 radical (unpaired) electrons. The summed E-state index contributed by atoms with van der Waals surface area (Å²) in [5.41, 5.74) is 0.0870. The maximum absolute atomic E-state index is 5.49. The van der Waals surface area contributed by atoms with Gasteiger partial charge in [-0.2, -0.15) is 0 Å². The topological polar surface area (TPSA) is 52.1 Å². The van der Waals surface area contributed by atoms with Gasteiger partial charge in [-0.05, 0) is 50.6 Å². The van der Waals surface area contributed by atoms with Crippen molar-refractivity contribution in [2.24, 2.45) is 10.9 Å². The maximum atomic E-state index is 5.49. The Morgan fingerprint density at radius 2 is 2.07 bits per heavy atom. The number of ether oxygens (including phenoxy) is 1. The second-order valence-electron chi connectivity index (χ2n) is 8.54. The fourth-order valence-corrected chi connectivity index (χ4v) is 4.87. The molecule has 0 bridgehead atoms. The quantitative estimate of drug-likeness (QED) is 0.320. The van der Waals surface area contributed by atoms with Crippen LogP contribution in [-0.2, 0) is 11.3 Å². The molecule has 166 valence electrons. The van der Waals surface area contributed by atoms with E-state index in [4.69, 9.17) is 4.74 Å². The zero-order valence-corrected chi connectivity index (χ0v) is 21.3. The Balaban J connectivity index is 0.00000300. The van der Waals surface area contributed by atoms with Gasteiger partial charge in [0, 0.05) is 56.7 Å². The number of hydrogen-bond donors (Lipinski definition) is 2. The molecule has 1 aromatic heterocycles. The number of morpholine rings is 1. The number of hydrogen-bond acceptors (Lipinski definition) is 5. The molecule has 0 saturated carbocycles. The van der Waals surface area contributed by atoms with Crippen LogP contribution in [-0.4, -0.2) is 80.8 Å². The van der Waals surface area contributed by atoms with Gasteiger partial charge in [0.1, 0.15) is 0 Å². The maximum Gasteiger partial charge on any atom is 0.191 e. The van der Waals surface area contributed by atoms with E-state index in [0.29, 0.717) is 5.92 Å². The summed E-state index contributed by atoms with van der Waals surface area (Å²) in [6.07, 6.45) is 2.58. The van der Waals surface area contributed by atoms with Gasteiger partial charge in [-0.15, -0.1) is 35.3 Å². The average molecular weight is 536 g/mol. The SMILES string of the molecule is CN=C(NCC1CCCN(Cc2cccs2)C1)NCC(C)(C)N1CCOCC1.I. The molecule has 2 saturated heterocycles. The van der Waals surface area contributed by atoms with Crippen molar-refractivity contribution in [1.29, 1.82) is 0 Å². The Hall–Kier alpha value is -0.420. The van der Waals surface area contributed by atoms with E-state index in [-0.39, 0.29) is 29.5 Å². The van der Waals surface area contributed by atoms with Crippen LogP contribution in [0.3, 0.4) is 0 Å². The molecule has 0 amide bonds. The van der Waals surface area contributed by atoms with Crippen LogP contribution in [0.15, 0.2) is 22.5 Å². The highest BCUT2D eigenvalue weighted by molar-refractivity contribution is 14.0. The molecule has 1 atom stereocenters. The summed E-state index contributed by atoms with van der Waals surface area (Å²) in [6, 6.07) is 4.39. The molecule has 0 aliphatic carbocycles. The number of nitrogens with one attached hydrogen (secondary N) is 2. The molecule has 3 heterocycles. The highest BCUT2D eigenvalue weighted by Crippen LogP contribution is 2.20. The minimum absolute atomic E-state index is 0. The van der Waals surface area contributed by atoms with Crippen molar-refractivity contribution in [2.75, 3.05) is 59.5 Å². The van der Waals surface area contributed by atoms with E-state index in [0.717, 1.165) is 51.9 Å². The molecule has 1 aromatic rings. The van der Waals surface area contributed by atoms with E-state index >= 15 is 0 Å². The minimum Gasteiger partial charge on any atom is -0.379 e. The highest BCUT2D eigenvalue weighted by Gasteiger charge is 2.28. The average Bonchev–Trinajstić information content (AvgIpc) is 3.22. The van der Waals surface area contributed by atoms with Crippen LogP contribution in [0.2, 0.25) is 0 Å². The molecular formula is C21H38IN5OS. The van der Waals surface area contributed by atoms with Crippen molar-refractivity contribution in [2.45, 2.75) is 38.8 Å². The van der Waals surface area contributed by atoms with E-state index < -0.39 is 0 Å². The van der Waals surface area contributed by atoms with Gasteiger partial charge in [0.25, 0.3) is 0 Å². The van der Waals surface area contributed by atoms with Gasteiger partial charge in [-0.1, -0.05) is 6.07 Å². The lowest BCUT2D eigenvalue weighted by Crippen LogP contribution is -2.56. The number of nitrogens with zero attached hydrogens (tertiary/aromatic N) is 3. The molecule has 2 aliphatic rings. The van der Waals surface area contributed by atoms with Crippen LogP contribution in [0.4, 0.5) is 0 Å². The van der Waals surface area contributed by atoms with Gasteiger partial charge >= 0.3 is 0 Å². The lowest BCUT2D eigenvalue weighted by molar-refractivity contribution is -0.00834. The van der Waals surface area contributed by atoms with Crippen LogP contribution < -0.4 is 10.6 Å². The van der Waals surface area contributed by atoms with Gasteiger partial charge in [0.05, 0.1) is 13.2 Å². The number of rotatable bonds is 7. The van der Waals surface area contributed by atoms with Gasteiger partial charge in [-0.3, -0.25) is 14.8 Å². The Bertz CT molecular complexity index is 604. The molecule has 2 fully saturated rings. The molecule has 0 spiro atoms. The van der Waals surface area contributed by atoms with Crippen molar-refractivity contribution in [3.05, 3.63) is 22.4 Å². The third-order valence-electron chi connectivity index (χ3n) is 5.90. The first kappa shape index (κ1) is 24.8. The summed E-state index contributed by atoms with van der Waals surface area (Å²) < 4.78 is 5.49. The monoisotopic (exact) mass is 535 g/mol. The molecule has 3 rings (SSSR count). The third-order valence-corrected chi connectivity index (χ3v) is 6.76. The molecule has 0 aromatic carbocycles. The first-order chi connectivity index (χ1) is 13.6. The molecule has 29 heavy (non-hydrogen) atoms. The lowest BCUT2D eigenvalue weighted by Gasteiger charge is -2.41. The molecular weight excluding hydrogens is 497 g/mol. The minimum atomic E-state index is 0. The van der Waals surface area contributed by atoms with Crippen molar-refractivity contribution in [1.82, 2.24) is 20.4 Å². The molecule has 2 N–H and O–H groups in total. The predicted octanol–water partition coefficient (Wildman–Crippen LogP) is 2.85. The highest BCUT2D eigenvalue weighted by atomic mass is 127. The fourth-order valence-electron chi connectivity index (χ4n) is 4.13. The van der Waals surface area contributed by atoms with Gasteiger partial charge in [-0.25, -0.2) is 0 Å². The molecule has 2 aliphatic heterocycles. The Kier molecular flexibility index (Phi) is 10.7. The largest absolute Gasteiger partial charge is 0.379 e. The number of guanidine groups is 1. The molecule has 8 heteroatoms. The van der Waals surface area contributed by atoms with Crippen LogP contribution in [0.1, 0.15) is 31.6 Å². The second-order valence-corrected chi connectivity index (χ2v) is 9.57. The summed E-state index contributed by atoms with van der Waals surface area (Å²) in [7, 11) is 1.86. The van der Waals surface area contributed by atoms with Crippen molar-refractivity contribution >= 4 is 41.3 Å². The van der Waals surface area contributed by atoms with Crippen molar-refractivity contribution in [3.63, 3.8) is 0 Å².